The fraction of sp³-hybridized carbons (Fsp3) is 0.474. The molecule has 0 spiro atoms. The molecular weight excluding hydrogens is 332 g/mol. The molecule has 136 valence electrons. The Kier molecular flexibility index (Phi) is 8.25. The summed E-state index contributed by atoms with van der Waals surface area (Å²) >= 11 is 1.69. The SMILES string of the molecule is CCNC(=NCc1ncc(C)s1)NCCCCOc1ccc(C)cc1. The van der Waals surface area contributed by atoms with Crippen molar-refractivity contribution in [1.29, 1.82) is 0 Å². The quantitative estimate of drug-likeness (QED) is 0.407. The van der Waals surface area contributed by atoms with Gasteiger partial charge in [-0.1, -0.05) is 17.7 Å². The van der Waals surface area contributed by atoms with Crippen LogP contribution in [-0.2, 0) is 6.54 Å². The predicted molar refractivity (Wildman–Crippen MR) is 106 cm³/mol. The lowest BCUT2D eigenvalue weighted by Gasteiger charge is -2.11. The number of benzene rings is 1. The number of guanidine groups is 1. The molecule has 0 saturated heterocycles. The number of thiazole rings is 1. The molecule has 6 heteroatoms. The maximum absolute atomic E-state index is 5.74. The monoisotopic (exact) mass is 360 g/mol. The first-order valence-electron chi connectivity index (χ1n) is 8.80. The molecule has 0 radical (unpaired) electrons. The molecule has 1 aromatic carbocycles. The Bertz CT molecular complexity index is 652. The molecule has 0 atom stereocenters. The average Bonchev–Trinajstić information content (AvgIpc) is 3.02. The number of aryl methyl sites for hydroxylation is 2. The molecule has 0 fully saturated rings. The Morgan fingerprint density at radius 3 is 2.64 bits per heavy atom. The summed E-state index contributed by atoms with van der Waals surface area (Å²) in [5.41, 5.74) is 1.25. The van der Waals surface area contributed by atoms with Gasteiger partial charge in [0.1, 0.15) is 10.8 Å². The van der Waals surface area contributed by atoms with Gasteiger partial charge in [0.05, 0.1) is 13.2 Å². The molecule has 25 heavy (non-hydrogen) atoms. The highest BCUT2D eigenvalue weighted by Crippen LogP contribution is 2.12. The van der Waals surface area contributed by atoms with E-state index in [1.165, 1.54) is 10.4 Å². The zero-order valence-electron chi connectivity index (χ0n) is 15.3. The van der Waals surface area contributed by atoms with E-state index in [1.54, 1.807) is 11.3 Å². The first-order valence-corrected chi connectivity index (χ1v) is 9.62. The van der Waals surface area contributed by atoms with E-state index >= 15 is 0 Å². The molecule has 5 nitrogen and oxygen atoms in total. The lowest BCUT2D eigenvalue weighted by atomic mass is 10.2. The number of nitrogens with zero attached hydrogens (tertiary/aromatic N) is 2. The number of nitrogens with one attached hydrogen (secondary N) is 2. The molecule has 0 unspecified atom stereocenters. The van der Waals surface area contributed by atoms with Crippen molar-refractivity contribution in [3.63, 3.8) is 0 Å². The number of aliphatic imine (C=N–C) groups is 1. The molecule has 2 aromatic rings. The fourth-order valence-electron chi connectivity index (χ4n) is 2.22. The Labute approximate surface area is 154 Å². The molecule has 0 saturated carbocycles. The third-order valence-electron chi connectivity index (χ3n) is 3.54. The van der Waals surface area contributed by atoms with Gasteiger partial charge in [0, 0.05) is 24.2 Å². The number of aromatic nitrogens is 1. The van der Waals surface area contributed by atoms with Gasteiger partial charge in [-0.2, -0.15) is 0 Å². The molecular formula is C19H28N4OS. The highest BCUT2D eigenvalue weighted by Gasteiger charge is 2.00. The van der Waals surface area contributed by atoms with Gasteiger partial charge in [-0.25, -0.2) is 9.98 Å². The van der Waals surface area contributed by atoms with E-state index in [0.717, 1.165) is 49.3 Å². The fourth-order valence-corrected chi connectivity index (χ4v) is 2.93. The summed E-state index contributed by atoms with van der Waals surface area (Å²) in [6.45, 7) is 9.28. The first-order chi connectivity index (χ1) is 12.2. The summed E-state index contributed by atoms with van der Waals surface area (Å²) in [6, 6.07) is 8.17. The van der Waals surface area contributed by atoms with Crippen LogP contribution in [0.4, 0.5) is 0 Å². The van der Waals surface area contributed by atoms with E-state index in [-0.39, 0.29) is 0 Å². The normalized spacial score (nSPS) is 11.4. The second kappa shape index (κ2) is 10.7. The number of unbranched alkanes of at least 4 members (excludes halogenated alkanes) is 1. The smallest absolute Gasteiger partial charge is 0.191 e. The third kappa shape index (κ3) is 7.56. The Morgan fingerprint density at radius 1 is 1.16 bits per heavy atom. The summed E-state index contributed by atoms with van der Waals surface area (Å²) in [7, 11) is 0. The highest BCUT2D eigenvalue weighted by atomic mass is 32.1. The summed E-state index contributed by atoms with van der Waals surface area (Å²) in [5, 5.41) is 7.67. The van der Waals surface area contributed by atoms with Gasteiger partial charge in [-0.3, -0.25) is 0 Å². The van der Waals surface area contributed by atoms with E-state index in [4.69, 9.17) is 4.74 Å². The average molecular weight is 361 g/mol. The molecule has 1 heterocycles. The summed E-state index contributed by atoms with van der Waals surface area (Å²) in [6.07, 6.45) is 3.93. The van der Waals surface area contributed by atoms with Crippen LogP contribution in [0.5, 0.6) is 5.75 Å². The van der Waals surface area contributed by atoms with E-state index in [0.29, 0.717) is 6.54 Å². The van der Waals surface area contributed by atoms with Crippen LogP contribution >= 0.6 is 11.3 Å². The second-order valence-corrected chi connectivity index (χ2v) is 7.17. The van der Waals surface area contributed by atoms with E-state index in [2.05, 4.69) is 53.5 Å². The van der Waals surface area contributed by atoms with Crippen molar-refractivity contribution in [2.24, 2.45) is 4.99 Å². The predicted octanol–water partition coefficient (Wildman–Crippen LogP) is 3.67. The van der Waals surface area contributed by atoms with Crippen LogP contribution in [0, 0.1) is 13.8 Å². The van der Waals surface area contributed by atoms with Crippen LogP contribution < -0.4 is 15.4 Å². The van der Waals surface area contributed by atoms with Crippen LogP contribution in [0.25, 0.3) is 0 Å². The zero-order chi connectivity index (χ0) is 17.9. The molecule has 0 amide bonds. The van der Waals surface area contributed by atoms with Crippen molar-refractivity contribution in [3.8, 4) is 5.75 Å². The van der Waals surface area contributed by atoms with E-state index < -0.39 is 0 Å². The molecule has 2 rings (SSSR count). The number of ether oxygens (including phenoxy) is 1. The van der Waals surface area contributed by atoms with Crippen LogP contribution in [0.1, 0.15) is 35.2 Å². The minimum Gasteiger partial charge on any atom is -0.494 e. The topological polar surface area (TPSA) is 58.5 Å². The maximum atomic E-state index is 5.74. The van der Waals surface area contributed by atoms with Crippen molar-refractivity contribution >= 4 is 17.3 Å². The number of hydrogen-bond donors (Lipinski definition) is 2. The van der Waals surface area contributed by atoms with Crippen molar-refractivity contribution in [2.75, 3.05) is 19.7 Å². The number of rotatable bonds is 9. The van der Waals surface area contributed by atoms with Gasteiger partial charge in [0.15, 0.2) is 5.96 Å². The van der Waals surface area contributed by atoms with Gasteiger partial charge in [0.25, 0.3) is 0 Å². The lowest BCUT2D eigenvalue weighted by Crippen LogP contribution is -2.37. The van der Waals surface area contributed by atoms with E-state index in [1.807, 2.05) is 18.3 Å². The van der Waals surface area contributed by atoms with Gasteiger partial charge in [0.2, 0.25) is 0 Å². The van der Waals surface area contributed by atoms with Crippen molar-refractivity contribution in [2.45, 2.75) is 40.2 Å². The largest absolute Gasteiger partial charge is 0.494 e. The van der Waals surface area contributed by atoms with Gasteiger partial charge < -0.3 is 15.4 Å². The maximum Gasteiger partial charge on any atom is 0.191 e. The van der Waals surface area contributed by atoms with E-state index in [9.17, 15) is 0 Å². The molecule has 0 aliphatic heterocycles. The Balaban J connectivity index is 1.64. The highest BCUT2D eigenvalue weighted by molar-refractivity contribution is 7.11. The van der Waals surface area contributed by atoms with Crippen molar-refractivity contribution in [3.05, 3.63) is 45.9 Å². The first kappa shape index (κ1) is 19.2. The molecule has 0 aliphatic carbocycles. The van der Waals surface area contributed by atoms with Gasteiger partial charge in [-0.05, 0) is 45.7 Å². The van der Waals surface area contributed by atoms with Crippen LogP contribution in [0.2, 0.25) is 0 Å². The Hall–Kier alpha value is -2.08. The molecule has 0 aliphatic rings. The summed E-state index contributed by atoms with van der Waals surface area (Å²) in [5.74, 6) is 1.78. The number of hydrogen-bond acceptors (Lipinski definition) is 4. The van der Waals surface area contributed by atoms with Crippen LogP contribution in [-0.4, -0.2) is 30.6 Å². The van der Waals surface area contributed by atoms with Gasteiger partial charge in [-0.15, -0.1) is 11.3 Å². The summed E-state index contributed by atoms with van der Waals surface area (Å²) < 4.78 is 5.74. The molecule has 1 aromatic heterocycles. The molecule has 0 bridgehead atoms. The lowest BCUT2D eigenvalue weighted by molar-refractivity contribution is 0.307. The third-order valence-corrected chi connectivity index (χ3v) is 4.44. The minimum atomic E-state index is 0.615. The zero-order valence-corrected chi connectivity index (χ0v) is 16.2. The van der Waals surface area contributed by atoms with Crippen LogP contribution in [0.15, 0.2) is 35.5 Å². The summed E-state index contributed by atoms with van der Waals surface area (Å²) in [4.78, 5) is 10.1. The van der Waals surface area contributed by atoms with Gasteiger partial charge >= 0.3 is 0 Å². The molecule has 2 N–H and O–H groups in total. The second-order valence-electron chi connectivity index (χ2n) is 5.86. The Morgan fingerprint density at radius 2 is 1.96 bits per heavy atom. The van der Waals surface area contributed by atoms with Crippen LogP contribution in [0.3, 0.4) is 0 Å². The standard InChI is InChI=1S/C19H28N4OS/c1-4-20-19(23-14-18-22-13-16(3)25-18)21-11-5-6-12-24-17-9-7-15(2)8-10-17/h7-10,13H,4-6,11-12,14H2,1-3H3,(H2,20,21,23). The minimum absolute atomic E-state index is 0.615. The van der Waals surface area contributed by atoms with Crippen molar-refractivity contribution in [1.82, 2.24) is 15.6 Å². The van der Waals surface area contributed by atoms with Crippen molar-refractivity contribution < 1.29 is 4.74 Å².